The Labute approximate surface area is 115 Å². The lowest BCUT2D eigenvalue weighted by Crippen LogP contribution is -2.22. The molecule has 0 fully saturated rings. The van der Waals surface area contributed by atoms with Crippen molar-refractivity contribution in [2.45, 2.75) is 32.4 Å². The highest BCUT2D eigenvalue weighted by Crippen LogP contribution is 2.20. The van der Waals surface area contributed by atoms with Crippen molar-refractivity contribution in [3.05, 3.63) is 24.4 Å². The standard InChI is InChI=1S/C14H22N2O2Si/c1-17-13-5-6-14-12(9-13)10-15-16(14)11-18-7-8-19(2,3)4/h5-6,9-10H,7-8,11H2,1-4H3. The van der Waals surface area contributed by atoms with Gasteiger partial charge in [0, 0.05) is 20.1 Å². The van der Waals surface area contributed by atoms with Gasteiger partial charge < -0.3 is 9.47 Å². The van der Waals surface area contributed by atoms with Crippen molar-refractivity contribution < 1.29 is 9.47 Å². The van der Waals surface area contributed by atoms with Crippen LogP contribution in [0.25, 0.3) is 10.9 Å². The Morgan fingerprint density at radius 1 is 1.26 bits per heavy atom. The number of aromatic nitrogens is 2. The molecule has 0 saturated heterocycles. The van der Waals surface area contributed by atoms with Crippen LogP contribution in [0.5, 0.6) is 5.75 Å². The van der Waals surface area contributed by atoms with Crippen LogP contribution < -0.4 is 4.74 Å². The van der Waals surface area contributed by atoms with E-state index in [1.165, 1.54) is 6.04 Å². The van der Waals surface area contributed by atoms with Gasteiger partial charge in [-0.05, 0) is 24.2 Å². The van der Waals surface area contributed by atoms with E-state index < -0.39 is 8.07 Å². The maximum Gasteiger partial charge on any atom is 0.139 e. The lowest BCUT2D eigenvalue weighted by Gasteiger charge is -2.15. The highest BCUT2D eigenvalue weighted by molar-refractivity contribution is 6.76. The van der Waals surface area contributed by atoms with Gasteiger partial charge in [0.15, 0.2) is 0 Å². The van der Waals surface area contributed by atoms with Crippen LogP contribution in [0.3, 0.4) is 0 Å². The number of nitrogens with zero attached hydrogens (tertiary/aromatic N) is 2. The fourth-order valence-electron chi connectivity index (χ4n) is 1.82. The Morgan fingerprint density at radius 2 is 2.05 bits per heavy atom. The molecule has 104 valence electrons. The molecule has 1 heterocycles. The number of ether oxygens (including phenoxy) is 2. The van der Waals surface area contributed by atoms with Crippen molar-refractivity contribution in [1.82, 2.24) is 9.78 Å². The first-order chi connectivity index (χ1) is 8.99. The molecule has 0 aliphatic carbocycles. The SMILES string of the molecule is COc1ccc2c(cnn2COCC[Si](C)(C)C)c1. The van der Waals surface area contributed by atoms with E-state index in [2.05, 4.69) is 24.7 Å². The molecular weight excluding hydrogens is 256 g/mol. The highest BCUT2D eigenvalue weighted by Gasteiger charge is 2.12. The first-order valence-corrected chi connectivity index (χ1v) is 10.3. The predicted molar refractivity (Wildman–Crippen MR) is 80.4 cm³/mol. The Kier molecular flexibility index (Phi) is 4.26. The van der Waals surface area contributed by atoms with Crippen molar-refractivity contribution in [3.8, 4) is 5.75 Å². The molecule has 0 aliphatic rings. The van der Waals surface area contributed by atoms with Crippen LogP contribution in [0.2, 0.25) is 25.7 Å². The normalized spacial score (nSPS) is 12.0. The molecule has 0 saturated carbocycles. The van der Waals surface area contributed by atoms with Gasteiger partial charge in [0.25, 0.3) is 0 Å². The van der Waals surface area contributed by atoms with E-state index in [0.717, 1.165) is 23.3 Å². The fourth-order valence-corrected chi connectivity index (χ4v) is 2.58. The molecule has 0 amide bonds. The summed E-state index contributed by atoms with van der Waals surface area (Å²) < 4.78 is 12.8. The molecular formula is C14H22N2O2Si. The number of methoxy groups -OCH3 is 1. The molecule has 2 rings (SSSR count). The van der Waals surface area contributed by atoms with Crippen LogP contribution in [0.1, 0.15) is 0 Å². The summed E-state index contributed by atoms with van der Waals surface area (Å²) in [5.74, 6) is 0.853. The first kappa shape index (κ1) is 14.1. The third-order valence-electron chi connectivity index (χ3n) is 3.06. The summed E-state index contributed by atoms with van der Waals surface area (Å²) in [6.07, 6.45) is 1.85. The maximum absolute atomic E-state index is 5.72. The summed E-state index contributed by atoms with van der Waals surface area (Å²) in [7, 11) is 0.655. The van der Waals surface area contributed by atoms with Gasteiger partial charge in [0.2, 0.25) is 0 Å². The van der Waals surface area contributed by atoms with E-state index in [0.29, 0.717) is 6.73 Å². The molecule has 0 radical (unpaired) electrons. The third-order valence-corrected chi connectivity index (χ3v) is 4.76. The van der Waals surface area contributed by atoms with Crippen LogP contribution >= 0.6 is 0 Å². The molecule has 0 unspecified atom stereocenters. The number of hydrogen-bond acceptors (Lipinski definition) is 3. The number of benzene rings is 1. The molecule has 2 aromatic rings. The van der Waals surface area contributed by atoms with E-state index in [1.54, 1.807) is 7.11 Å². The number of fused-ring (bicyclic) bond motifs is 1. The highest BCUT2D eigenvalue weighted by atomic mass is 28.3. The van der Waals surface area contributed by atoms with Gasteiger partial charge >= 0.3 is 0 Å². The minimum atomic E-state index is -1.02. The predicted octanol–water partition coefficient (Wildman–Crippen LogP) is 3.36. The average molecular weight is 278 g/mol. The second-order valence-electron chi connectivity index (χ2n) is 5.92. The molecule has 0 atom stereocenters. The quantitative estimate of drug-likeness (QED) is 0.600. The summed E-state index contributed by atoms with van der Waals surface area (Å²) in [4.78, 5) is 0. The summed E-state index contributed by atoms with van der Waals surface area (Å²) in [6, 6.07) is 7.13. The third kappa shape index (κ3) is 3.81. The fraction of sp³-hybridized carbons (Fsp3) is 0.500. The average Bonchev–Trinajstić information content (AvgIpc) is 2.75. The minimum Gasteiger partial charge on any atom is -0.497 e. The molecule has 1 aromatic heterocycles. The molecule has 1 aromatic carbocycles. The molecule has 0 aliphatic heterocycles. The Balaban J connectivity index is 1.98. The van der Waals surface area contributed by atoms with E-state index >= 15 is 0 Å². The number of rotatable bonds is 6. The molecule has 5 heteroatoms. The van der Waals surface area contributed by atoms with Crippen LogP contribution in [0.4, 0.5) is 0 Å². The summed E-state index contributed by atoms with van der Waals surface area (Å²) in [6.45, 7) is 8.39. The minimum absolute atomic E-state index is 0.514. The Bertz CT molecular complexity index is 546. The van der Waals surface area contributed by atoms with Crippen LogP contribution in [-0.4, -0.2) is 31.6 Å². The van der Waals surface area contributed by atoms with Gasteiger partial charge in [-0.1, -0.05) is 19.6 Å². The molecule has 0 N–H and O–H groups in total. The van der Waals surface area contributed by atoms with Crippen molar-refractivity contribution >= 4 is 19.0 Å². The van der Waals surface area contributed by atoms with E-state index in [-0.39, 0.29) is 0 Å². The van der Waals surface area contributed by atoms with Crippen molar-refractivity contribution in [1.29, 1.82) is 0 Å². The van der Waals surface area contributed by atoms with Gasteiger partial charge in [-0.2, -0.15) is 5.10 Å². The first-order valence-electron chi connectivity index (χ1n) is 6.57. The second-order valence-corrected chi connectivity index (χ2v) is 11.5. The monoisotopic (exact) mass is 278 g/mol. The van der Waals surface area contributed by atoms with Gasteiger partial charge in [-0.3, -0.25) is 0 Å². The van der Waals surface area contributed by atoms with Crippen molar-refractivity contribution in [3.63, 3.8) is 0 Å². The molecule has 4 nitrogen and oxygen atoms in total. The van der Waals surface area contributed by atoms with Gasteiger partial charge in [0.05, 0.1) is 18.8 Å². The Hall–Kier alpha value is -1.33. The smallest absolute Gasteiger partial charge is 0.139 e. The largest absolute Gasteiger partial charge is 0.497 e. The zero-order valence-corrected chi connectivity index (χ0v) is 13.1. The van der Waals surface area contributed by atoms with Crippen LogP contribution in [0.15, 0.2) is 24.4 Å². The van der Waals surface area contributed by atoms with Crippen LogP contribution in [0, 0.1) is 0 Å². The molecule has 0 spiro atoms. The maximum atomic E-state index is 5.72. The second kappa shape index (κ2) is 5.75. The molecule has 0 bridgehead atoms. The lowest BCUT2D eigenvalue weighted by molar-refractivity contribution is 0.0817. The van der Waals surface area contributed by atoms with Crippen LogP contribution in [-0.2, 0) is 11.5 Å². The lowest BCUT2D eigenvalue weighted by atomic mass is 10.2. The molecule has 19 heavy (non-hydrogen) atoms. The van der Waals surface area contributed by atoms with E-state index in [9.17, 15) is 0 Å². The van der Waals surface area contributed by atoms with Gasteiger partial charge in [0.1, 0.15) is 12.5 Å². The van der Waals surface area contributed by atoms with Gasteiger partial charge in [-0.25, -0.2) is 4.68 Å². The number of hydrogen-bond donors (Lipinski definition) is 0. The topological polar surface area (TPSA) is 36.3 Å². The van der Waals surface area contributed by atoms with Crippen molar-refractivity contribution in [2.24, 2.45) is 0 Å². The summed E-state index contributed by atoms with van der Waals surface area (Å²) in [5, 5.41) is 5.43. The summed E-state index contributed by atoms with van der Waals surface area (Å²) >= 11 is 0. The van der Waals surface area contributed by atoms with E-state index in [4.69, 9.17) is 9.47 Å². The zero-order valence-electron chi connectivity index (χ0n) is 12.1. The summed E-state index contributed by atoms with van der Waals surface area (Å²) in [5.41, 5.74) is 1.08. The van der Waals surface area contributed by atoms with Gasteiger partial charge in [-0.15, -0.1) is 0 Å². The zero-order chi connectivity index (χ0) is 13.9. The van der Waals surface area contributed by atoms with E-state index in [1.807, 2.05) is 29.1 Å². The van der Waals surface area contributed by atoms with Crippen molar-refractivity contribution in [2.75, 3.05) is 13.7 Å². The Morgan fingerprint density at radius 3 is 2.74 bits per heavy atom.